The highest BCUT2D eigenvalue weighted by atomic mass is 79.9. The average molecular weight is 344 g/mol. The zero-order valence-corrected chi connectivity index (χ0v) is 13.3. The minimum Gasteiger partial charge on any atom is -0.390 e. The van der Waals surface area contributed by atoms with Crippen molar-refractivity contribution in [3.8, 4) is 0 Å². The maximum Gasteiger partial charge on any atom is 0.246 e. The predicted octanol–water partition coefficient (Wildman–Crippen LogP) is 3.29. The van der Waals surface area contributed by atoms with Crippen molar-refractivity contribution in [2.24, 2.45) is 0 Å². The highest BCUT2D eigenvalue weighted by Crippen LogP contribution is 2.24. The number of likely N-dealkylation sites (tertiary alicyclic amines) is 1. The molecule has 0 aromatic carbocycles. The largest absolute Gasteiger partial charge is 0.390 e. The molecule has 0 saturated carbocycles. The summed E-state index contributed by atoms with van der Waals surface area (Å²) in [5, 5.41) is 10.0. The summed E-state index contributed by atoms with van der Waals surface area (Å²) in [6.07, 6.45) is 5.74. The zero-order valence-electron chi connectivity index (χ0n) is 10.9. The fraction of sp³-hybridized carbons (Fsp3) is 0.500. The molecule has 1 fully saturated rings. The van der Waals surface area contributed by atoms with Gasteiger partial charge in [-0.3, -0.25) is 4.79 Å². The van der Waals surface area contributed by atoms with Crippen LogP contribution in [-0.4, -0.2) is 34.6 Å². The molecule has 1 saturated heterocycles. The average Bonchev–Trinajstić information content (AvgIpc) is 2.67. The molecule has 1 atom stereocenters. The topological polar surface area (TPSA) is 40.5 Å². The number of hydrogen-bond donors (Lipinski definition) is 1. The minimum atomic E-state index is -0.628. The SMILES string of the molecule is CC1(O)CCCN(C(=O)/C=C/c2ccc(Br)s2)CC1. The van der Waals surface area contributed by atoms with Gasteiger partial charge in [-0.2, -0.15) is 0 Å². The van der Waals surface area contributed by atoms with Crippen LogP contribution < -0.4 is 0 Å². The lowest BCUT2D eigenvalue weighted by molar-refractivity contribution is -0.126. The second-order valence-electron chi connectivity index (χ2n) is 5.15. The summed E-state index contributed by atoms with van der Waals surface area (Å²) in [5.41, 5.74) is -0.628. The maximum atomic E-state index is 12.1. The Morgan fingerprint density at radius 2 is 2.26 bits per heavy atom. The van der Waals surface area contributed by atoms with E-state index in [0.717, 1.165) is 28.0 Å². The second kappa shape index (κ2) is 6.20. The van der Waals surface area contributed by atoms with E-state index in [9.17, 15) is 9.90 Å². The van der Waals surface area contributed by atoms with Gasteiger partial charge in [0.25, 0.3) is 0 Å². The number of halogens is 1. The number of carbonyl (C=O) groups excluding carboxylic acids is 1. The number of rotatable bonds is 2. The summed E-state index contributed by atoms with van der Waals surface area (Å²) < 4.78 is 1.06. The molecule has 1 aromatic rings. The van der Waals surface area contributed by atoms with Crippen LogP contribution in [0.1, 0.15) is 31.1 Å². The monoisotopic (exact) mass is 343 g/mol. The van der Waals surface area contributed by atoms with E-state index in [1.807, 2.05) is 30.0 Å². The Morgan fingerprint density at radius 3 is 2.95 bits per heavy atom. The van der Waals surface area contributed by atoms with Gasteiger partial charge >= 0.3 is 0 Å². The van der Waals surface area contributed by atoms with E-state index >= 15 is 0 Å². The van der Waals surface area contributed by atoms with Gasteiger partial charge < -0.3 is 10.0 Å². The molecule has 19 heavy (non-hydrogen) atoms. The molecule has 0 bridgehead atoms. The Balaban J connectivity index is 1.94. The molecule has 2 heterocycles. The van der Waals surface area contributed by atoms with Crippen LogP contribution >= 0.6 is 27.3 Å². The molecule has 104 valence electrons. The first-order valence-electron chi connectivity index (χ1n) is 6.41. The third kappa shape index (κ3) is 4.44. The molecular weight excluding hydrogens is 326 g/mol. The fourth-order valence-corrected chi connectivity index (χ4v) is 3.49. The molecule has 0 aliphatic carbocycles. The molecule has 5 heteroatoms. The molecule has 0 radical (unpaired) electrons. The lowest BCUT2D eigenvalue weighted by Crippen LogP contribution is -2.32. The second-order valence-corrected chi connectivity index (χ2v) is 7.65. The van der Waals surface area contributed by atoms with Crippen molar-refractivity contribution < 1.29 is 9.90 Å². The molecule has 1 amide bonds. The van der Waals surface area contributed by atoms with E-state index in [4.69, 9.17) is 0 Å². The van der Waals surface area contributed by atoms with Crippen molar-refractivity contribution in [2.45, 2.75) is 31.8 Å². The summed E-state index contributed by atoms with van der Waals surface area (Å²) in [6, 6.07) is 3.95. The number of amides is 1. The predicted molar refractivity (Wildman–Crippen MR) is 82.1 cm³/mol. The summed E-state index contributed by atoms with van der Waals surface area (Å²) in [5.74, 6) is 0.0298. The Kier molecular flexibility index (Phi) is 4.81. The standard InChI is InChI=1S/C14H18BrNO2S/c1-14(18)7-2-9-16(10-8-14)13(17)6-4-11-3-5-12(15)19-11/h3-6,18H,2,7-10H2,1H3/b6-4+. The Morgan fingerprint density at radius 1 is 1.47 bits per heavy atom. The van der Waals surface area contributed by atoms with Crippen molar-refractivity contribution in [3.05, 3.63) is 26.9 Å². The Bertz CT molecular complexity index is 482. The smallest absolute Gasteiger partial charge is 0.246 e. The Labute approximate surface area is 126 Å². The molecular formula is C14H18BrNO2S. The third-order valence-corrected chi connectivity index (χ3v) is 4.95. The third-order valence-electron chi connectivity index (χ3n) is 3.36. The quantitative estimate of drug-likeness (QED) is 0.837. The van der Waals surface area contributed by atoms with Gasteiger partial charge in [0.2, 0.25) is 5.91 Å². The number of carbonyl (C=O) groups is 1. The normalized spacial score (nSPS) is 24.7. The van der Waals surface area contributed by atoms with Crippen LogP contribution in [0.2, 0.25) is 0 Å². The first-order chi connectivity index (χ1) is 8.96. The molecule has 0 spiro atoms. The van der Waals surface area contributed by atoms with Crippen LogP contribution in [0.15, 0.2) is 22.0 Å². The first kappa shape index (κ1) is 14.8. The Hall–Kier alpha value is -0.650. The van der Waals surface area contributed by atoms with E-state index in [2.05, 4.69) is 15.9 Å². The highest BCUT2D eigenvalue weighted by Gasteiger charge is 2.26. The van der Waals surface area contributed by atoms with E-state index in [0.29, 0.717) is 13.0 Å². The van der Waals surface area contributed by atoms with E-state index in [1.54, 1.807) is 17.4 Å². The van der Waals surface area contributed by atoms with Gasteiger partial charge in [0.05, 0.1) is 9.39 Å². The zero-order chi connectivity index (χ0) is 13.9. The van der Waals surface area contributed by atoms with Gasteiger partial charge in [-0.1, -0.05) is 0 Å². The first-order valence-corrected chi connectivity index (χ1v) is 8.02. The molecule has 1 aliphatic rings. The van der Waals surface area contributed by atoms with E-state index < -0.39 is 5.60 Å². The van der Waals surface area contributed by atoms with Crippen molar-refractivity contribution >= 4 is 39.2 Å². The van der Waals surface area contributed by atoms with Gasteiger partial charge in [0.1, 0.15) is 0 Å². The highest BCUT2D eigenvalue weighted by molar-refractivity contribution is 9.11. The van der Waals surface area contributed by atoms with Crippen LogP contribution in [0.25, 0.3) is 6.08 Å². The van der Waals surface area contributed by atoms with Crippen molar-refractivity contribution in [3.63, 3.8) is 0 Å². The summed E-state index contributed by atoms with van der Waals surface area (Å²) >= 11 is 5.00. The van der Waals surface area contributed by atoms with E-state index in [-0.39, 0.29) is 5.91 Å². The summed E-state index contributed by atoms with van der Waals surface area (Å²) in [7, 11) is 0. The van der Waals surface area contributed by atoms with Crippen LogP contribution in [-0.2, 0) is 4.79 Å². The van der Waals surface area contributed by atoms with Crippen LogP contribution in [0.5, 0.6) is 0 Å². The van der Waals surface area contributed by atoms with Crippen LogP contribution in [0.3, 0.4) is 0 Å². The van der Waals surface area contributed by atoms with Crippen molar-refractivity contribution in [1.82, 2.24) is 4.90 Å². The number of thiophene rings is 1. The number of hydrogen-bond acceptors (Lipinski definition) is 3. The minimum absolute atomic E-state index is 0.0298. The van der Waals surface area contributed by atoms with Gasteiger partial charge in [0.15, 0.2) is 0 Å². The van der Waals surface area contributed by atoms with Crippen molar-refractivity contribution in [2.75, 3.05) is 13.1 Å². The molecule has 1 unspecified atom stereocenters. The van der Waals surface area contributed by atoms with Gasteiger partial charge in [-0.05, 0) is 60.3 Å². The van der Waals surface area contributed by atoms with Crippen molar-refractivity contribution in [1.29, 1.82) is 0 Å². The molecule has 1 aliphatic heterocycles. The lowest BCUT2D eigenvalue weighted by atomic mass is 9.98. The van der Waals surface area contributed by atoms with E-state index in [1.165, 1.54) is 0 Å². The van der Waals surface area contributed by atoms with Gasteiger partial charge in [-0.15, -0.1) is 11.3 Å². The van der Waals surface area contributed by atoms with Crippen LogP contribution in [0.4, 0.5) is 0 Å². The number of aliphatic hydroxyl groups is 1. The lowest BCUT2D eigenvalue weighted by Gasteiger charge is -2.21. The van der Waals surface area contributed by atoms with Gasteiger partial charge in [0, 0.05) is 24.0 Å². The van der Waals surface area contributed by atoms with Crippen LogP contribution in [0, 0.1) is 0 Å². The molecule has 2 rings (SSSR count). The molecule has 1 N–H and O–H groups in total. The number of nitrogens with zero attached hydrogens (tertiary/aromatic N) is 1. The maximum absolute atomic E-state index is 12.1. The fourth-order valence-electron chi connectivity index (χ4n) is 2.16. The van der Waals surface area contributed by atoms with Gasteiger partial charge in [-0.25, -0.2) is 0 Å². The summed E-state index contributed by atoms with van der Waals surface area (Å²) in [6.45, 7) is 3.21. The summed E-state index contributed by atoms with van der Waals surface area (Å²) in [4.78, 5) is 15.0. The molecule has 1 aromatic heterocycles. The molecule has 3 nitrogen and oxygen atoms in total.